The second kappa shape index (κ2) is 3.48. The zero-order valence-corrected chi connectivity index (χ0v) is 11.4. The van der Waals surface area contributed by atoms with E-state index in [4.69, 9.17) is 0 Å². The van der Waals surface area contributed by atoms with Gasteiger partial charge in [-0.1, -0.05) is 6.42 Å². The molecule has 1 saturated heterocycles. The number of nitrogens with zero attached hydrogens (tertiary/aromatic N) is 1. The maximum absolute atomic E-state index is 12.4. The Kier molecular flexibility index (Phi) is 2.40. The van der Waals surface area contributed by atoms with Crippen LogP contribution < -0.4 is 0 Å². The van der Waals surface area contributed by atoms with E-state index in [1.807, 2.05) is 0 Å². The van der Waals surface area contributed by atoms with Gasteiger partial charge in [-0.15, -0.1) is 0 Å². The summed E-state index contributed by atoms with van der Waals surface area (Å²) in [5.41, 5.74) is -0.807. The Balaban J connectivity index is 1.90. The number of carboxylic acid groups (broad SMARTS) is 1. The fourth-order valence-corrected chi connectivity index (χ4v) is 5.54. The number of aliphatic carboxylic acids is 1. The molecule has 2 atom stereocenters. The predicted octanol–water partition coefficient (Wildman–Crippen LogP) is 1.06. The minimum absolute atomic E-state index is 0.00660. The second-order valence-electron chi connectivity index (χ2n) is 6.30. The van der Waals surface area contributed by atoms with Crippen molar-refractivity contribution in [3.8, 4) is 0 Å². The van der Waals surface area contributed by atoms with Crippen LogP contribution in [0.3, 0.4) is 0 Å². The van der Waals surface area contributed by atoms with Crippen molar-refractivity contribution in [3.63, 3.8) is 0 Å². The van der Waals surface area contributed by atoms with Crippen molar-refractivity contribution < 1.29 is 18.3 Å². The molecule has 0 radical (unpaired) electrons. The van der Waals surface area contributed by atoms with Crippen molar-refractivity contribution in [1.82, 2.24) is 4.31 Å². The van der Waals surface area contributed by atoms with Gasteiger partial charge < -0.3 is 5.11 Å². The molecule has 0 aromatic rings. The SMILES string of the molecule is CC1(S(=O)(=O)N2C[C@@H]3CCC[C@@]3(C(=O)O)C2)CC1. The maximum atomic E-state index is 12.4. The normalized spacial score (nSPS) is 38.6. The standard InChI is InChI=1S/C12H19NO4S/c1-11(5-6-11)18(16,17)13-7-9-3-2-4-12(9,8-13)10(14)15/h9H,2-8H2,1H3,(H,14,15)/t9-,12+/m0/s1. The zero-order chi connectivity index (χ0) is 13.2. The molecular weight excluding hydrogens is 254 g/mol. The van der Waals surface area contributed by atoms with Crippen LogP contribution in [0.2, 0.25) is 0 Å². The molecule has 3 aliphatic rings. The average molecular weight is 273 g/mol. The Morgan fingerprint density at radius 1 is 1.33 bits per heavy atom. The number of carbonyl (C=O) groups is 1. The summed E-state index contributed by atoms with van der Waals surface area (Å²) >= 11 is 0. The first-order valence-corrected chi connectivity index (χ1v) is 7.99. The molecule has 0 bridgehead atoms. The first-order chi connectivity index (χ1) is 8.32. The van der Waals surface area contributed by atoms with Crippen LogP contribution in [0.25, 0.3) is 0 Å². The van der Waals surface area contributed by atoms with Crippen molar-refractivity contribution in [2.45, 2.75) is 43.8 Å². The maximum Gasteiger partial charge on any atom is 0.311 e. The number of carboxylic acids is 1. The van der Waals surface area contributed by atoms with Gasteiger partial charge in [-0.25, -0.2) is 8.42 Å². The molecule has 1 heterocycles. The Morgan fingerprint density at radius 3 is 2.50 bits per heavy atom. The molecule has 3 fully saturated rings. The molecule has 102 valence electrons. The predicted molar refractivity (Wildman–Crippen MR) is 65.5 cm³/mol. The van der Waals surface area contributed by atoms with E-state index in [0.717, 1.165) is 12.8 Å². The first kappa shape index (κ1) is 12.4. The van der Waals surface area contributed by atoms with Gasteiger partial charge in [0.15, 0.2) is 0 Å². The van der Waals surface area contributed by atoms with Gasteiger partial charge in [0.05, 0.1) is 10.2 Å². The molecule has 0 amide bonds. The van der Waals surface area contributed by atoms with Crippen molar-refractivity contribution in [2.75, 3.05) is 13.1 Å². The molecule has 2 aliphatic carbocycles. The van der Waals surface area contributed by atoms with Crippen molar-refractivity contribution in [3.05, 3.63) is 0 Å². The quantitative estimate of drug-likeness (QED) is 0.834. The van der Waals surface area contributed by atoms with E-state index in [1.165, 1.54) is 4.31 Å². The third-order valence-corrected chi connectivity index (χ3v) is 7.79. The van der Waals surface area contributed by atoms with Crippen molar-refractivity contribution >= 4 is 16.0 Å². The topological polar surface area (TPSA) is 74.7 Å². The van der Waals surface area contributed by atoms with E-state index >= 15 is 0 Å². The molecular formula is C12H19NO4S. The monoisotopic (exact) mass is 273 g/mol. The number of rotatable bonds is 3. The molecule has 5 nitrogen and oxygen atoms in total. The van der Waals surface area contributed by atoms with Crippen LogP contribution in [0, 0.1) is 11.3 Å². The highest BCUT2D eigenvalue weighted by Gasteiger charge is 2.61. The summed E-state index contributed by atoms with van der Waals surface area (Å²) < 4.78 is 25.7. The molecule has 0 aromatic carbocycles. The largest absolute Gasteiger partial charge is 0.481 e. The van der Waals surface area contributed by atoms with Gasteiger partial charge in [-0.2, -0.15) is 4.31 Å². The summed E-state index contributed by atoms with van der Waals surface area (Å²) in [6.07, 6.45) is 3.78. The lowest BCUT2D eigenvalue weighted by atomic mass is 9.81. The number of hydrogen-bond acceptors (Lipinski definition) is 3. The summed E-state index contributed by atoms with van der Waals surface area (Å²) in [6.45, 7) is 2.36. The summed E-state index contributed by atoms with van der Waals surface area (Å²) in [5.74, 6) is -0.809. The van der Waals surface area contributed by atoms with Crippen LogP contribution >= 0.6 is 0 Å². The summed E-state index contributed by atoms with van der Waals surface area (Å²) in [5, 5.41) is 9.45. The van der Waals surface area contributed by atoms with Gasteiger partial charge in [0.1, 0.15) is 0 Å². The van der Waals surface area contributed by atoms with Crippen LogP contribution in [0.15, 0.2) is 0 Å². The van der Waals surface area contributed by atoms with Crippen LogP contribution in [0.1, 0.15) is 39.0 Å². The second-order valence-corrected chi connectivity index (χ2v) is 8.75. The lowest BCUT2D eigenvalue weighted by molar-refractivity contribution is -0.149. The average Bonchev–Trinajstić information content (AvgIpc) is 2.75. The van der Waals surface area contributed by atoms with Gasteiger partial charge in [0.25, 0.3) is 0 Å². The highest BCUT2D eigenvalue weighted by atomic mass is 32.2. The highest BCUT2D eigenvalue weighted by Crippen LogP contribution is 2.53. The molecule has 0 aromatic heterocycles. The lowest BCUT2D eigenvalue weighted by Gasteiger charge is -2.24. The third-order valence-electron chi connectivity index (χ3n) is 5.18. The molecule has 1 aliphatic heterocycles. The van der Waals surface area contributed by atoms with Crippen LogP contribution in [0.4, 0.5) is 0 Å². The van der Waals surface area contributed by atoms with Crippen LogP contribution in [-0.2, 0) is 14.8 Å². The van der Waals surface area contributed by atoms with Crippen LogP contribution in [-0.4, -0.2) is 41.6 Å². The van der Waals surface area contributed by atoms with Gasteiger partial charge >= 0.3 is 5.97 Å². The summed E-state index contributed by atoms with van der Waals surface area (Å²) in [7, 11) is -3.31. The smallest absolute Gasteiger partial charge is 0.311 e. The third kappa shape index (κ3) is 1.42. The lowest BCUT2D eigenvalue weighted by Crippen LogP contribution is -2.40. The van der Waals surface area contributed by atoms with E-state index < -0.39 is 26.2 Å². The highest BCUT2D eigenvalue weighted by molar-refractivity contribution is 7.90. The number of hydrogen-bond donors (Lipinski definition) is 1. The molecule has 0 unspecified atom stereocenters. The van der Waals surface area contributed by atoms with E-state index in [0.29, 0.717) is 25.8 Å². The van der Waals surface area contributed by atoms with Crippen molar-refractivity contribution in [2.24, 2.45) is 11.3 Å². The Bertz CT molecular complexity index is 496. The van der Waals surface area contributed by atoms with E-state index in [9.17, 15) is 18.3 Å². The van der Waals surface area contributed by atoms with Gasteiger partial charge in [0, 0.05) is 13.1 Å². The molecule has 6 heteroatoms. The van der Waals surface area contributed by atoms with Crippen molar-refractivity contribution in [1.29, 1.82) is 0 Å². The summed E-state index contributed by atoms with van der Waals surface area (Å²) in [4.78, 5) is 11.5. The fourth-order valence-electron chi connectivity index (χ4n) is 3.52. The van der Waals surface area contributed by atoms with E-state index in [-0.39, 0.29) is 12.5 Å². The zero-order valence-electron chi connectivity index (χ0n) is 10.6. The van der Waals surface area contributed by atoms with E-state index in [1.54, 1.807) is 6.92 Å². The Labute approximate surface area is 107 Å². The molecule has 2 saturated carbocycles. The van der Waals surface area contributed by atoms with E-state index in [2.05, 4.69) is 0 Å². The number of fused-ring (bicyclic) bond motifs is 1. The van der Waals surface area contributed by atoms with Gasteiger partial charge in [-0.05, 0) is 38.5 Å². The Morgan fingerprint density at radius 2 is 2.00 bits per heavy atom. The molecule has 0 spiro atoms. The Hall–Kier alpha value is -0.620. The van der Waals surface area contributed by atoms with Gasteiger partial charge in [-0.3, -0.25) is 4.79 Å². The minimum atomic E-state index is -3.31. The fraction of sp³-hybridized carbons (Fsp3) is 0.917. The molecule has 18 heavy (non-hydrogen) atoms. The summed E-state index contributed by atoms with van der Waals surface area (Å²) in [6, 6.07) is 0. The molecule has 1 N–H and O–H groups in total. The molecule has 3 rings (SSSR count). The van der Waals surface area contributed by atoms with Gasteiger partial charge in [0.2, 0.25) is 10.0 Å². The van der Waals surface area contributed by atoms with Crippen LogP contribution in [0.5, 0.6) is 0 Å². The number of sulfonamides is 1. The first-order valence-electron chi connectivity index (χ1n) is 6.55. The minimum Gasteiger partial charge on any atom is -0.481 e.